The molecule has 1 saturated heterocycles. The first kappa shape index (κ1) is 23.3. The fourth-order valence-corrected chi connectivity index (χ4v) is 5.71. The lowest BCUT2D eigenvalue weighted by molar-refractivity contribution is 0.244. The predicted octanol–water partition coefficient (Wildman–Crippen LogP) is 7.31. The Morgan fingerprint density at radius 1 is 0.853 bits per heavy atom. The molecule has 5 rings (SSSR count). The summed E-state index contributed by atoms with van der Waals surface area (Å²) in [6.45, 7) is 0.488. The van der Waals surface area contributed by atoms with Crippen LogP contribution in [-0.2, 0) is 6.54 Å². The van der Waals surface area contributed by atoms with Crippen molar-refractivity contribution < 1.29 is 4.79 Å². The van der Waals surface area contributed by atoms with Crippen LogP contribution in [0, 0.1) is 0 Å². The quantitative estimate of drug-likeness (QED) is 0.222. The molecular formula is C25H18Br2N4OS2. The van der Waals surface area contributed by atoms with Crippen LogP contribution in [0.4, 0.5) is 4.79 Å². The molecule has 4 aromatic rings. The molecule has 1 fully saturated rings. The van der Waals surface area contributed by atoms with E-state index in [1.165, 1.54) is 23.1 Å². The van der Waals surface area contributed by atoms with Gasteiger partial charge in [0.05, 0.1) is 18.0 Å². The van der Waals surface area contributed by atoms with Gasteiger partial charge >= 0.3 is 0 Å². The first-order valence-electron chi connectivity index (χ1n) is 10.4. The van der Waals surface area contributed by atoms with Crippen LogP contribution in [0.2, 0.25) is 0 Å². The normalized spacial score (nSPS) is 15.5. The van der Waals surface area contributed by atoms with Crippen molar-refractivity contribution in [1.29, 1.82) is 0 Å². The summed E-state index contributed by atoms with van der Waals surface area (Å²) >= 11 is 9.80. The highest BCUT2D eigenvalue weighted by atomic mass is 79.9. The third-order valence-electron chi connectivity index (χ3n) is 5.22. The summed E-state index contributed by atoms with van der Waals surface area (Å²) in [5.74, 6) is 1.18. The van der Waals surface area contributed by atoms with Gasteiger partial charge in [-0.05, 0) is 47.5 Å². The molecule has 1 amide bonds. The zero-order valence-electron chi connectivity index (χ0n) is 17.8. The predicted molar refractivity (Wildman–Crippen MR) is 147 cm³/mol. The average Bonchev–Trinajstić information content (AvgIpc) is 3.43. The summed E-state index contributed by atoms with van der Waals surface area (Å²) in [7, 11) is 0. The second-order valence-corrected chi connectivity index (χ2v) is 11.1. The molecule has 0 bridgehead atoms. The van der Waals surface area contributed by atoms with Gasteiger partial charge in [0.1, 0.15) is 5.84 Å². The molecule has 0 unspecified atom stereocenters. The van der Waals surface area contributed by atoms with E-state index in [4.69, 9.17) is 0 Å². The molecule has 5 nitrogen and oxygen atoms in total. The Kier molecular flexibility index (Phi) is 7.15. The van der Waals surface area contributed by atoms with Crippen LogP contribution in [0.3, 0.4) is 0 Å². The monoisotopic (exact) mass is 612 g/mol. The Morgan fingerprint density at radius 2 is 1.53 bits per heavy atom. The third kappa shape index (κ3) is 5.12. The van der Waals surface area contributed by atoms with Crippen LogP contribution in [0.15, 0.2) is 103 Å². The first-order valence-corrected chi connectivity index (χ1v) is 13.8. The minimum Gasteiger partial charge on any atom is -0.284 e. The van der Waals surface area contributed by atoms with Crippen molar-refractivity contribution in [2.75, 3.05) is 5.75 Å². The van der Waals surface area contributed by atoms with Gasteiger partial charge in [-0.2, -0.15) is 0 Å². The van der Waals surface area contributed by atoms with E-state index >= 15 is 0 Å². The molecule has 3 aromatic carbocycles. The smallest absolute Gasteiger partial charge is 0.284 e. The number of carbonyl (C=O) groups is 1. The lowest BCUT2D eigenvalue weighted by Crippen LogP contribution is -2.28. The van der Waals surface area contributed by atoms with Gasteiger partial charge in [0, 0.05) is 20.0 Å². The molecular weight excluding hydrogens is 596 g/mol. The largest absolute Gasteiger partial charge is 0.287 e. The number of carbonyl (C=O) groups excluding carboxylic acids is 1. The molecule has 0 N–H and O–H groups in total. The molecule has 0 spiro atoms. The van der Waals surface area contributed by atoms with Gasteiger partial charge in [0.25, 0.3) is 5.24 Å². The number of amides is 1. The number of thioether (sulfide) groups is 1. The topological polar surface area (TPSA) is 50.0 Å². The molecule has 1 aliphatic heterocycles. The molecule has 0 saturated carbocycles. The number of amidine groups is 1. The molecule has 1 aliphatic rings. The van der Waals surface area contributed by atoms with Gasteiger partial charge in [-0.15, -0.1) is 21.5 Å². The van der Waals surface area contributed by atoms with Gasteiger partial charge in [-0.25, -0.2) is 0 Å². The molecule has 0 atom stereocenters. The van der Waals surface area contributed by atoms with E-state index in [0.717, 1.165) is 36.3 Å². The Balaban J connectivity index is 1.57. The minimum atomic E-state index is 0.000297. The fourth-order valence-electron chi connectivity index (χ4n) is 3.54. The molecule has 0 radical (unpaired) electrons. The molecule has 1 aromatic heterocycles. The Bertz CT molecular complexity index is 1410. The van der Waals surface area contributed by atoms with Crippen LogP contribution >= 0.6 is 55.0 Å². The number of thiazole rings is 1. The maximum absolute atomic E-state index is 12.5. The number of hydrogen-bond donors (Lipinski definition) is 0. The maximum atomic E-state index is 12.5. The summed E-state index contributed by atoms with van der Waals surface area (Å²) in [5, 5.41) is 11.2. The van der Waals surface area contributed by atoms with Crippen LogP contribution < -0.4 is 4.80 Å². The second kappa shape index (κ2) is 10.4. The molecule has 170 valence electrons. The van der Waals surface area contributed by atoms with Crippen LogP contribution in [0.25, 0.3) is 16.9 Å². The van der Waals surface area contributed by atoms with Crippen LogP contribution in [-0.4, -0.2) is 26.3 Å². The van der Waals surface area contributed by atoms with E-state index in [0.29, 0.717) is 18.1 Å². The molecule has 34 heavy (non-hydrogen) atoms. The zero-order valence-corrected chi connectivity index (χ0v) is 22.6. The van der Waals surface area contributed by atoms with Gasteiger partial charge in [0.15, 0.2) is 0 Å². The Hall–Kier alpha value is -2.46. The minimum absolute atomic E-state index is 0.000297. The van der Waals surface area contributed by atoms with Gasteiger partial charge in [-0.1, -0.05) is 86.1 Å². The molecule has 9 heteroatoms. The average molecular weight is 614 g/mol. The second-order valence-electron chi connectivity index (χ2n) is 7.46. The van der Waals surface area contributed by atoms with E-state index in [2.05, 4.69) is 64.1 Å². The van der Waals surface area contributed by atoms with Crippen molar-refractivity contribution >= 4 is 66.0 Å². The number of halogens is 2. The Labute approximate surface area is 222 Å². The lowest BCUT2D eigenvalue weighted by atomic mass is 10.1. The van der Waals surface area contributed by atoms with E-state index < -0.39 is 0 Å². The van der Waals surface area contributed by atoms with Crippen molar-refractivity contribution in [3.63, 3.8) is 0 Å². The SMILES string of the molecule is O=C1SCC(=NN=c2scc(-c3ccc(Br)cc3)n2-c2ccc(Br)cc2)N1Cc1ccccc1. The zero-order chi connectivity index (χ0) is 23.5. The van der Waals surface area contributed by atoms with E-state index in [9.17, 15) is 4.79 Å². The molecule has 0 aliphatic carbocycles. The number of rotatable bonds is 5. The lowest BCUT2D eigenvalue weighted by Gasteiger charge is -2.15. The van der Waals surface area contributed by atoms with Crippen molar-refractivity contribution in [3.8, 4) is 16.9 Å². The summed E-state index contributed by atoms with van der Waals surface area (Å²) in [5.41, 5.74) is 4.15. The van der Waals surface area contributed by atoms with Gasteiger partial charge in [-0.3, -0.25) is 14.3 Å². The van der Waals surface area contributed by atoms with Gasteiger partial charge < -0.3 is 0 Å². The Morgan fingerprint density at radius 3 is 2.24 bits per heavy atom. The third-order valence-corrected chi connectivity index (χ3v) is 7.97. The number of aromatic nitrogens is 1. The highest BCUT2D eigenvalue weighted by Gasteiger charge is 2.28. The van der Waals surface area contributed by atoms with E-state index in [1.807, 2.05) is 66.7 Å². The van der Waals surface area contributed by atoms with Crippen molar-refractivity contribution in [2.24, 2.45) is 10.2 Å². The number of benzene rings is 3. The number of nitrogens with zero attached hydrogens (tertiary/aromatic N) is 4. The van der Waals surface area contributed by atoms with Crippen molar-refractivity contribution in [1.82, 2.24) is 9.47 Å². The first-order chi connectivity index (χ1) is 16.6. The highest BCUT2D eigenvalue weighted by Crippen LogP contribution is 2.26. The van der Waals surface area contributed by atoms with E-state index in [-0.39, 0.29) is 5.24 Å². The summed E-state index contributed by atoms with van der Waals surface area (Å²) < 4.78 is 4.13. The standard InChI is InChI=1S/C25H18Br2N4OS2/c26-19-8-6-18(7-9-19)22-15-33-24(31(22)21-12-10-20(27)11-13-21)29-28-23-16-34-25(32)30(23)14-17-4-2-1-3-5-17/h1-13,15H,14,16H2. The van der Waals surface area contributed by atoms with Crippen LogP contribution in [0.1, 0.15) is 5.56 Å². The van der Waals surface area contributed by atoms with E-state index in [1.54, 1.807) is 4.90 Å². The summed E-state index contributed by atoms with van der Waals surface area (Å²) in [6, 6.07) is 26.2. The molecule has 2 heterocycles. The highest BCUT2D eigenvalue weighted by molar-refractivity contribution is 9.10. The fraction of sp³-hybridized carbons (Fsp3) is 0.0800. The van der Waals surface area contributed by atoms with Crippen molar-refractivity contribution in [2.45, 2.75) is 6.54 Å². The summed E-state index contributed by atoms with van der Waals surface area (Å²) in [4.78, 5) is 14.9. The number of hydrogen-bond acceptors (Lipinski definition) is 5. The summed E-state index contributed by atoms with van der Waals surface area (Å²) in [6.07, 6.45) is 0. The van der Waals surface area contributed by atoms with Crippen LogP contribution in [0.5, 0.6) is 0 Å². The maximum Gasteiger partial charge on any atom is 0.287 e. The van der Waals surface area contributed by atoms with Crippen molar-refractivity contribution in [3.05, 3.63) is 104 Å². The van der Waals surface area contributed by atoms with Gasteiger partial charge in [0.2, 0.25) is 4.80 Å².